The minimum Gasteiger partial charge on any atom is -0.377 e. The summed E-state index contributed by atoms with van der Waals surface area (Å²) in [5.74, 6) is 3.06. The van der Waals surface area contributed by atoms with Crippen molar-refractivity contribution in [3.05, 3.63) is 11.9 Å². The molecule has 0 saturated carbocycles. The minimum atomic E-state index is 0.425. The molecule has 1 aromatic heterocycles. The maximum absolute atomic E-state index is 5.11. The fraction of sp³-hybridized carbons (Fsp3) is 0.733. The van der Waals surface area contributed by atoms with Crippen molar-refractivity contribution >= 4 is 11.6 Å². The molecule has 1 atom stereocenters. The second-order valence-electron chi connectivity index (χ2n) is 5.86. The molecule has 6 nitrogen and oxygen atoms in total. The molecule has 1 unspecified atom stereocenters. The van der Waals surface area contributed by atoms with Crippen LogP contribution in [0, 0.1) is 5.92 Å². The first-order valence-corrected chi connectivity index (χ1v) is 7.65. The Morgan fingerprint density at radius 1 is 1.38 bits per heavy atom. The van der Waals surface area contributed by atoms with Gasteiger partial charge in [-0.3, -0.25) is 0 Å². The van der Waals surface area contributed by atoms with Crippen molar-refractivity contribution in [1.82, 2.24) is 14.9 Å². The van der Waals surface area contributed by atoms with Crippen LogP contribution in [0.25, 0.3) is 0 Å². The molecule has 21 heavy (non-hydrogen) atoms. The first-order chi connectivity index (χ1) is 10.1. The first kappa shape index (κ1) is 16.0. The third-order valence-electron chi connectivity index (χ3n) is 3.92. The van der Waals surface area contributed by atoms with E-state index in [1.165, 1.54) is 19.5 Å². The van der Waals surface area contributed by atoms with E-state index in [-0.39, 0.29) is 0 Å². The summed E-state index contributed by atoms with van der Waals surface area (Å²) < 4.78 is 5.11. The molecule has 1 aliphatic rings. The van der Waals surface area contributed by atoms with E-state index in [2.05, 4.69) is 39.3 Å². The van der Waals surface area contributed by atoms with Crippen LogP contribution in [-0.4, -0.2) is 54.7 Å². The van der Waals surface area contributed by atoms with E-state index in [1.54, 1.807) is 7.11 Å². The molecule has 1 aromatic rings. The lowest BCUT2D eigenvalue weighted by Crippen LogP contribution is -2.29. The Hall–Kier alpha value is -1.40. The monoisotopic (exact) mass is 293 g/mol. The minimum absolute atomic E-state index is 0.425. The predicted octanol–water partition coefficient (Wildman–Crippen LogP) is 1.81. The molecule has 1 aliphatic heterocycles. The van der Waals surface area contributed by atoms with Crippen LogP contribution in [0.4, 0.5) is 11.6 Å². The van der Waals surface area contributed by atoms with Crippen LogP contribution in [0.1, 0.15) is 26.1 Å². The van der Waals surface area contributed by atoms with Crippen LogP contribution in [0.15, 0.2) is 6.07 Å². The Morgan fingerprint density at radius 2 is 2.14 bits per heavy atom. The zero-order valence-electron chi connectivity index (χ0n) is 13.5. The van der Waals surface area contributed by atoms with Crippen LogP contribution in [0.2, 0.25) is 0 Å². The van der Waals surface area contributed by atoms with Crippen LogP contribution < -0.4 is 10.6 Å². The summed E-state index contributed by atoms with van der Waals surface area (Å²) in [4.78, 5) is 11.4. The number of methoxy groups -OCH3 is 1. The molecule has 0 spiro atoms. The number of hydrogen-bond donors (Lipinski definition) is 2. The van der Waals surface area contributed by atoms with Crippen LogP contribution in [0.5, 0.6) is 0 Å². The number of rotatable bonds is 7. The average molecular weight is 293 g/mol. The maximum atomic E-state index is 5.11. The van der Waals surface area contributed by atoms with Crippen LogP contribution in [-0.2, 0) is 11.3 Å². The number of anilines is 2. The van der Waals surface area contributed by atoms with Gasteiger partial charge in [-0.2, -0.15) is 0 Å². The molecule has 2 rings (SSSR count). The van der Waals surface area contributed by atoms with Crippen molar-refractivity contribution < 1.29 is 4.74 Å². The van der Waals surface area contributed by atoms with Gasteiger partial charge in [0.2, 0.25) is 0 Å². The molecule has 6 heteroatoms. The van der Waals surface area contributed by atoms with Gasteiger partial charge in [-0.15, -0.1) is 0 Å². The van der Waals surface area contributed by atoms with Crippen LogP contribution >= 0.6 is 0 Å². The second-order valence-corrected chi connectivity index (χ2v) is 5.86. The summed E-state index contributed by atoms with van der Waals surface area (Å²) in [5.41, 5.74) is 0. The van der Waals surface area contributed by atoms with Gasteiger partial charge in [-0.25, -0.2) is 9.97 Å². The van der Waals surface area contributed by atoms with Gasteiger partial charge < -0.3 is 20.3 Å². The van der Waals surface area contributed by atoms with E-state index in [0.29, 0.717) is 24.4 Å². The first-order valence-electron chi connectivity index (χ1n) is 7.65. The highest BCUT2D eigenvalue weighted by atomic mass is 16.5. The molecule has 0 aromatic carbocycles. The topological polar surface area (TPSA) is 62.3 Å². The summed E-state index contributed by atoms with van der Waals surface area (Å²) in [6.45, 7) is 8.27. The Bertz CT molecular complexity index is 452. The fourth-order valence-electron chi connectivity index (χ4n) is 2.66. The molecular weight excluding hydrogens is 266 g/mol. The van der Waals surface area contributed by atoms with Gasteiger partial charge in [0.1, 0.15) is 18.2 Å². The molecular formula is C15H27N5O. The highest BCUT2D eigenvalue weighted by molar-refractivity contribution is 5.47. The van der Waals surface area contributed by atoms with Gasteiger partial charge in [-0.1, -0.05) is 0 Å². The van der Waals surface area contributed by atoms with Crippen molar-refractivity contribution in [3.63, 3.8) is 0 Å². The Balaban J connectivity index is 1.92. The fourth-order valence-corrected chi connectivity index (χ4v) is 2.66. The molecule has 2 heterocycles. The lowest BCUT2D eigenvalue weighted by molar-refractivity contribution is 0.178. The Labute approximate surface area is 127 Å². The van der Waals surface area contributed by atoms with Crippen molar-refractivity contribution in [2.75, 3.05) is 44.4 Å². The number of likely N-dealkylation sites (tertiary alicyclic amines) is 1. The van der Waals surface area contributed by atoms with E-state index < -0.39 is 0 Å². The average Bonchev–Trinajstić information content (AvgIpc) is 2.94. The van der Waals surface area contributed by atoms with Crippen molar-refractivity contribution in [3.8, 4) is 0 Å². The molecule has 2 N–H and O–H groups in total. The van der Waals surface area contributed by atoms with E-state index in [0.717, 1.165) is 18.2 Å². The zero-order chi connectivity index (χ0) is 15.2. The normalized spacial score (nSPS) is 19.2. The molecule has 0 aliphatic carbocycles. The lowest BCUT2D eigenvalue weighted by Gasteiger charge is -2.20. The summed E-state index contributed by atoms with van der Waals surface area (Å²) in [6, 6.07) is 2.58. The number of aromatic nitrogens is 2. The SMILES string of the molecule is CNc1cc(NCC2CCN(C(C)C)C2)nc(COC)n1. The summed E-state index contributed by atoms with van der Waals surface area (Å²) in [6.07, 6.45) is 1.25. The standard InChI is InChI=1S/C15H27N5O/c1-11(2)20-6-5-12(9-20)8-17-14-7-13(16-3)18-15(19-14)10-21-4/h7,11-12H,5-6,8-10H2,1-4H3,(H2,16,17,18,19). The second kappa shape index (κ2) is 7.56. The number of ether oxygens (including phenoxy) is 1. The summed E-state index contributed by atoms with van der Waals surface area (Å²) in [7, 11) is 3.52. The van der Waals surface area contributed by atoms with E-state index in [1.807, 2.05) is 13.1 Å². The molecule has 0 amide bonds. The molecule has 1 saturated heterocycles. The quantitative estimate of drug-likeness (QED) is 0.799. The Morgan fingerprint density at radius 3 is 2.76 bits per heavy atom. The summed E-state index contributed by atoms with van der Waals surface area (Å²) >= 11 is 0. The third-order valence-corrected chi connectivity index (χ3v) is 3.92. The van der Waals surface area contributed by atoms with E-state index in [9.17, 15) is 0 Å². The third kappa shape index (κ3) is 4.54. The van der Waals surface area contributed by atoms with Gasteiger partial charge in [0.15, 0.2) is 5.82 Å². The van der Waals surface area contributed by atoms with Gasteiger partial charge in [0.05, 0.1) is 0 Å². The number of hydrogen-bond acceptors (Lipinski definition) is 6. The molecule has 1 fully saturated rings. The van der Waals surface area contributed by atoms with E-state index in [4.69, 9.17) is 4.74 Å². The zero-order valence-corrected chi connectivity index (χ0v) is 13.5. The molecule has 0 radical (unpaired) electrons. The predicted molar refractivity (Wildman–Crippen MR) is 85.6 cm³/mol. The maximum Gasteiger partial charge on any atom is 0.158 e. The number of nitrogens with one attached hydrogen (secondary N) is 2. The van der Waals surface area contributed by atoms with Gasteiger partial charge in [0, 0.05) is 39.4 Å². The highest BCUT2D eigenvalue weighted by Gasteiger charge is 2.23. The molecule has 118 valence electrons. The smallest absolute Gasteiger partial charge is 0.158 e. The van der Waals surface area contributed by atoms with Gasteiger partial charge >= 0.3 is 0 Å². The van der Waals surface area contributed by atoms with Crippen molar-refractivity contribution in [2.24, 2.45) is 5.92 Å². The summed E-state index contributed by atoms with van der Waals surface area (Å²) in [5, 5.41) is 6.51. The van der Waals surface area contributed by atoms with Gasteiger partial charge in [0.25, 0.3) is 0 Å². The molecule has 0 bridgehead atoms. The van der Waals surface area contributed by atoms with Gasteiger partial charge in [-0.05, 0) is 32.7 Å². The van der Waals surface area contributed by atoms with Crippen molar-refractivity contribution in [2.45, 2.75) is 32.9 Å². The number of nitrogens with zero attached hydrogens (tertiary/aromatic N) is 3. The Kier molecular flexibility index (Phi) is 5.76. The van der Waals surface area contributed by atoms with Crippen molar-refractivity contribution in [1.29, 1.82) is 0 Å². The highest BCUT2D eigenvalue weighted by Crippen LogP contribution is 2.19. The largest absolute Gasteiger partial charge is 0.377 e. The lowest BCUT2D eigenvalue weighted by atomic mass is 10.1. The van der Waals surface area contributed by atoms with Crippen LogP contribution in [0.3, 0.4) is 0 Å². The van der Waals surface area contributed by atoms with E-state index >= 15 is 0 Å².